The highest BCUT2D eigenvalue weighted by atomic mass is 32.2. The van der Waals surface area contributed by atoms with Gasteiger partial charge in [-0.3, -0.25) is 14.5 Å². The Labute approximate surface area is 174 Å². The van der Waals surface area contributed by atoms with Crippen LogP contribution in [0, 0.1) is 13.8 Å². The van der Waals surface area contributed by atoms with Crippen molar-refractivity contribution in [3.05, 3.63) is 70.0 Å². The van der Waals surface area contributed by atoms with Crippen molar-refractivity contribution in [3.63, 3.8) is 0 Å². The Bertz CT molecular complexity index is 963. The largest absolute Gasteiger partial charge is 0.463 e. The maximum absolute atomic E-state index is 13.0. The zero-order chi connectivity index (χ0) is 21.0. The molecular formula is C22H24N2O4S. The van der Waals surface area contributed by atoms with Crippen LogP contribution in [-0.2, 0) is 20.9 Å². The van der Waals surface area contributed by atoms with Gasteiger partial charge in [0.1, 0.15) is 0 Å². The van der Waals surface area contributed by atoms with Crippen LogP contribution in [0.5, 0.6) is 0 Å². The third-order valence-corrected chi connectivity index (χ3v) is 5.82. The molecule has 1 fully saturated rings. The number of aromatic nitrogens is 1. The molecule has 2 aromatic rings. The summed E-state index contributed by atoms with van der Waals surface area (Å²) in [5.74, 6) is -0.630. The predicted octanol–water partition coefficient (Wildman–Crippen LogP) is 3.32. The zero-order valence-corrected chi connectivity index (χ0v) is 17.6. The minimum absolute atomic E-state index is 0.0906. The molecule has 1 saturated heterocycles. The van der Waals surface area contributed by atoms with E-state index in [1.54, 1.807) is 6.92 Å². The van der Waals surface area contributed by atoms with E-state index in [2.05, 4.69) is 4.57 Å². The minimum atomic E-state index is -0.511. The highest BCUT2D eigenvalue weighted by molar-refractivity contribution is 8.04. The van der Waals surface area contributed by atoms with Gasteiger partial charge in [-0.2, -0.15) is 0 Å². The quantitative estimate of drug-likeness (QED) is 0.396. The number of thioether (sulfide) groups is 1. The highest BCUT2D eigenvalue weighted by Gasteiger charge is 2.30. The van der Waals surface area contributed by atoms with Crippen molar-refractivity contribution in [2.24, 2.45) is 0 Å². The Hall–Kier alpha value is -2.80. The van der Waals surface area contributed by atoms with E-state index in [0.717, 1.165) is 17.0 Å². The molecule has 1 aliphatic heterocycles. The average molecular weight is 413 g/mol. The molecule has 0 N–H and O–H groups in total. The second-order valence-corrected chi connectivity index (χ2v) is 7.78. The highest BCUT2D eigenvalue weighted by Crippen LogP contribution is 2.29. The number of benzene rings is 1. The van der Waals surface area contributed by atoms with Gasteiger partial charge >= 0.3 is 5.97 Å². The summed E-state index contributed by atoms with van der Waals surface area (Å²) in [6.07, 6.45) is 1.28. The Morgan fingerprint density at radius 2 is 1.93 bits per heavy atom. The van der Waals surface area contributed by atoms with Gasteiger partial charge in [-0.25, -0.2) is 4.79 Å². The van der Waals surface area contributed by atoms with E-state index in [9.17, 15) is 14.4 Å². The van der Waals surface area contributed by atoms with Gasteiger partial charge in [0.2, 0.25) is 5.91 Å². The van der Waals surface area contributed by atoms with Crippen LogP contribution in [0.1, 0.15) is 34.2 Å². The van der Waals surface area contributed by atoms with Crippen molar-refractivity contribution in [1.29, 1.82) is 0 Å². The molecule has 6 nitrogen and oxygen atoms in total. The van der Waals surface area contributed by atoms with Gasteiger partial charge in [0, 0.05) is 23.5 Å². The molecule has 1 amide bonds. The van der Waals surface area contributed by atoms with Crippen molar-refractivity contribution in [2.45, 2.75) is 27.3 Å². The number of amides is 1. The van der Waals surface area contributed by atoms with Crippen LogP contribution in [-0.4, -0.2) is 46.0 Å². The Morgan fingerprint density at radius 3 is 2.62 bits per heavy atom. The summed E-state index contributed by atoms with van der Waals surface area (Å²) in [6.45, 7) is 6.45. The number of hydrogen-bond acceptors (Lipinski definition) is 5. The van der Waals surface area contributed by atoms with E-state index in [1.807, 2.05) is 50.2 Å². The SMILES string of the molecule is CCOC(=O)/C=C1\SCC(=O)N1CC(=O)c1cc(C)n(Cc2ccccc2)c1C. The fourth-order valence-corrected chi connectivity index (χ4v) is 4.24. The third-order valence-electron chi connectivity index (χ3n) is 4.80. The normalized spacial score (nSPS) is 15.2. The maximum atomic E-state index is 13.0. The molecule has 2 heterocycles. The van der Waals surface area contributed by atoms with Gasteiger partial charge in [0.05, 0.1) is 30.0 Å². The monoisotopic (exact) mass is 412 g/mol. The number of carbonyl (C=O) groups is 3. The van der Waals surface area contributed by atoms with Gasteiger partial charge in [-0.05, 0) is 32.4 Å². The molecule has 0 spiro atoms. The molecule has 0 radical (unpaired) electrons. The second-order valence-electron chi connectivity index (χ2n) is 6.78. The topological polar surface area (TPSA) is 68.6 Å². The third kappa shape index (κ3) is 4.79. The average Bonchev–Trinajstić information content (AvgIpc) is 3.17. The molecule has 29 heavy (non-hydrogen) atoms. The molecule has 152 valence electrons. The summed E-state index contributed by atoms with van der Waals surface area (Å²) < 4.78 is 7.01. The summed E-state index contributed by atoms with van der Waals surface area (Å²) in [5.41, 5.74) is 3.60. The summed E-state index contributed by atoms with van der Waals surface area (Å²) >= 11 is 1.24. The summed E-state index contributed by atoms with van der Waals surface area (Å²) in [5, 5.41) is 0.458. The van der Waals surface area contributed by atoms with E-state index >= 15 is 0 Å². The van der Waals surface area contributed by atoms with E-state index in [1.165, 1.54) is 22.7 Å². The lowest BCUT2D eigenvalue weighted by atomic mass is 10.1. The first-order valence-electron chi connectivity index (χ1n) is 9.46. The van der Waals surface area contributed by atoms with Crippen LogP contribution in [0.4, 0.5) is 0 Å². The Balaban J connectivity index is 1.79. The number of Topliss-reactive ketones (excluding diaryl/α,β-unsaturated/α-hetero) is 1. The number of esters is 1. The lowest BCUT2D eigenvalue weighted by Gasteiger charge is -2.16. The van der Waals surface area contributed by atoms with Crippen LogP contribution >= 0.6 is 11.8 Å². The molecule has 0 aliphatic carbocycles. The fraction of sp³-hybridized carbons (Fsp3) is 0.318. The van der Waals surface area contributed by atoms with Gasteiger partial charge in [-0.1, -0.05) is 42.1 Å². The van der Waals surface area contributed by atoms with Crippen LogP contribution in [0.15, 0.2) is 47.5 Å². The minimum Gasteiger partial charge on any atom is -0.463 e. The van der Waals surface area contributed by atoms with Crippen molar-refractivity contribution >= 4 is 29.4 Å². The smallest absolute Gasteiger partial charge is 0.333 e. The first kappa shape index (κ1) is 20.9. The van der Waals surface area contributed by atoms with Crippen LogP contribution in [0.3, 0.4) is 0 Å². The van der Waals surface area contributed by atoms with Crippen LogP contribution in [0.25, 0.3) is 0 Å². The maximum Gasteiger partial charge on any atom is 0.333 e. The van der Waals surface area contributed by atoms with Crippen molar-refractivity contribution in [2.75, 3.05) is 18.9 Å². The first-order valence-corrected chi connectivity index (χ1v) is 10.4. The molecule has 1 aromatic heterocycles. The Kier molecular flexibility index (Phi) is 6.59. The van der Waals surface area contributed by atoms with Gasteiger partial charge in [-0.15, -0.1) is 0 Å². The number of ether oxygens (including phenoxy) is 1. The van der Waals surface area contributed by atoms with Gasteiger partial charge < -0.3 is 9.30 Å². The summed E-state index contributed by atoms with van der Waals surface area (Å²) in [4.78, 5) is 38.3. The standard InChI is InChI=1S/C22H24N2O4S/c1-4-28-22(27)11-21-24(20(26)14-29-21)13-19(25)18-10-15(2)23(16(18)3)12-17-8-6-5-7-9-17/h5-11H,4,12-14H2,1-3H3/b21-11-. The molecule has 1 aliphatic rings. The van der Waals surface area contributed by atoms with E-state index in [-0.39, 0.29) is 30.6 Å². The summed E-state index contributed by atoms with van der Waals surface area (Å²) in [6, 6.07) is 11.9. The van der Waals surface area contributed by atoms with E-state index in [0.29, 0.717) is 17.1 Å². The van der Waals surface area contributed by atoms with Crippen molar-refractivity contribution in [1.82, 2.24) is 9.47 Å². The summed E-state index contributed by atoms with van der Waals surface area (Å²) in [7, 11) is 0. The lowest BCUT2D eigenvalue weighted by Crippen LogP contribution is -2.31. The van der Waals surface area contributed by atoms with Crippen molar-refractivity contribution < 1.29 is 19.1 Å². The zero-order valence-electron chi connectivity index (χ0n) is 16.8. The molecule has 7 heteroatoms. The number of hydrogen-bond donors (Lipinski definition) is 0. The lowest BCUT2D eigenvalue weighted by molar-refractivity contribution is -0.137. The Morgan fingerprint density at radius 1 is 1.21 bits per heavy atom. The second kappa shape index (κ2) is 9.13. The number of carbonyl (C=O) groups excluding carboxylic acids is 3. The molecule has 1 aromatic carbocycles. The number of aryl methyl sites for hydroxylation is 1. The van der Waals surface area contributed by atoms with Crippen LogP contribution < -0.4 is 0 Å². The predicted molar refractivity (Wildman–Crippen MR) is 113 cm³/mol. The number of nitrogens with zero attached hydrogens (tertiary/aromatic N) is 2. The van der Waals surface area contributed by atoms with Crippen molar-refractivity contribution in [3.8, 4) is 0 Å². The van der Waals surface area contributed by atoms with Crippen LogP contribution in [0.2, 0.25) is 0 Å². The van der Waals surface area contributed by atoms with Gasteiger partial charge in [0.15, 0.2) is 5.78 Å². The number of ketones is 1. The first-order chi connectivity index (χ1) is 13.9. The van der Waals surface area contributed by atoms with Gasteiger partial charge in [0.25, 0.3) is 0 Å². The fourth-order valence-electron chi connectivity index (χ4n) is 3.31. The molecule has 0 bridgehead atoms. The molecule has 0 atom stereocenters. The molecular weight excluding hydrogens is 388 g/mol. The number of rotatable bonds is 7. The molecule has 0 saturated carbocycles. The molecule has 0 unspecified atom stereocenters. The van der Waals surface area contributed by atoms with E-state index in [4.69, 9.17) is 4.74 Å². The van der Waals surface area contributed by atoms with E-state index < -0.39 is 5.97 Å². The molecule has 3 rings (SSSR count).